The molecule has 1 saturated heterocycles. The van der Waals surface area contributed by atoms with Gasteiger partial charge in [-0.2, -0.15) is 13.2 Å². The predicted molar refractivity (Wildman–Crippen MR) is 128 cm³/mol. The first-order chi connectivity index (χ1) is 16.7. The zero-order valence-corrected chi connectivity index (χ0v) is 20.7. The molecule has 194 valence electrons. The van der Waals surface area contributed by atoms with E-state index in [1.807, 2.05) is 18.2 Å². The minimum atomic E-state index is -4.18. The van der Waals surface area contributed by atoms with E-state index in [-0.39, 0.29) is 18.0 Å². The van der Waals surface area contributed by atoms with Crippen LogP contribution in [0.4, 0.5) is 13.2 Å². The van der Waals surface area contributed by atoms with E-state index < -0.39 is 12.7 Å². The molecule has 0 atom stereocenters. The van der Waals surface area contributed by atoms with Crippen LogP contribution < -0.4 is 4.74 Å². The molecule has 4 aliphatic carbocycles. The van der Waals surface area contributed by atoms with Crippen LogP contribution in [0.1, 0.15) is 50.5 Å². The van der Waals surface area contributed by atoms with Crippen LogP contribution >= 0.6 is 0 Å². The lowest BCUT2D eigenvalue weighted by molar-refractivity contribution is -0.154. The highest BCUT2D eigenvalue weighted by Gasteiger charge is 2.54. The number of alkyl halides is 3. The van der Waals surface area contributed by atoms with Crippen LogP contribution in [0.15, 0.2) is 24.3 Å². The molecule has 5 aliphatic rings. The minimum absolute atomic E-state index is 0.0803. The molecule has 4 saturated carbocycles. The summed E-state index contributed by atoms with van der Waals surface area (Å²) in [5.74, 6) is 3.07. The summed E-state index contributed by atoms with van der Waals surface area (Å²) in [5, 5.41) is 0. The first-order valence-electron chi connectivity index (χ1n) is 13.2. The summed E-state index contributed by atoms with van der Waals surface area (Å²) in [4.78, 5) is 19.7. The molecule has 35 heavy (non-hydrogen) atoms. The lowest BCUT2D eigenvalue weighted by atomic mass is 9.52. The van der Waals surface area contributed by atoms with E-state index in [9.17, 15) is 18.0 Å². The molecular weight excluding hydrogens is 455 g/mol. The molecule has 1 aromatic rings. The van der Waals surface area contributed by atoms with Gasteiger partial charge in [0.05, 0.1) is 20.2 Å². The summed E-state index contributed by atoms with van der Waals surface area (Å²) in [6, 6.07) is 7.97. The van der Waals surface area contributed by atoms with Gasteiger partial charge in [0.25, 0.3) is 0 Å². The number of ether oxygens (including phenoxy) is 1. The molecule has 1 aromatic carbocycles. The SMILES string of the molecule is COc1cccc(CN(C(=O)CN2CCCN(CC(F)(F)F)CC2)C23CC4CC(CC(C4)C2)C3)c1. The zero-order valence-electron chi connectivity index (χ0n) is 20.7. The smallest absolute Gasteiger partial charge is 0.401 e. The molecule has 0 radical (unpaired) electrons. The van der Waals surface area contributed by atoms with Crippen molar-refractivity contribution in [3.63, 3.8) is 0 Å². The summed E-state index contributed by atoms with van der Waals surface area (Å²) >= 11 is 0. The van der Waals surface area contributed by atoms with Crippen molar-refractivity contribution in [3.05, 3.63) is 29.8 Å². The van der Waals surface area contributed by atoms with E-state index in [2.05, 4.69) is 15.9 Å². The van der Waals surface area contributed by atoms with Crippen molar-refractivity contribution >= 4 is 5.91 Å². The Labute approximate surface area is 206 Å². The molecule has 0 aromatic heterocycles. The van der Waals surface area contributed by atoms with Crippen molar-refractivity contribution in [2.24, 2.45) is 17.8 Å². The van der Waals surface area contributed by atoms with Crippen molar-refractivity contribution in [2.75, 3.05) is 46.4 Å². The minimum Gasteiger partial charge on any atom is -0.497 e. The van der Waals surface area contributed by atoms with E-state index in [0.29, 0.717) is 39.1 Å². The van der Waals surface area contributed by atoms with Crippen molar-refractivity contribution in [1.29, 1.82) is 0 Å². The third kappa shape index (κ3) is 5.79. The summed E-state index contributed by atoms with van der Waals surface area (Å²) in [7, 11) is 1.66. The summed E-state index contributed by atoms with van der Waals surface area (Å²) < 4.78 is 44.1. The van der Waals surface area contributed by atoms with Gasteiger partial charge in [-0.25, -0.2) is 0 Å². The van der Waals surface area contributed by atoms with Crippen molar-refractivity contribution in [2.45, 2.75) is 63.2 Å². The average molecular weight is 494 g/mol. The molecule has 1 aliphatic heterocycles. The van der Waals surface area contributed by atoms with Gasteiger partial charge in [-0.15, -0.1) is 0 Å². The standard InChI is InChI=1S/C27H38F3N3O2/c1-35-24-5-2-4-20(13-24)17-33(26-14-21-10-22(15-26)12-23(11-21)16-26)25(34)18-31-6-3-7-32(9-8-31)19-27(28,29)30/h2,4-5,13,21-23H,3,6-12,14-19H2,1H3. The Bertz CT molecular complexity index is 871. The van der Waals surface area contributed by atoms with Crippen LogP contribution in [0.2, 0.25) is 0 Å². The summed E-state index contributed by atoms with van der Waals surface area (Å²) in [5.41, 5.74) is 0.990. The molecule has 5 fully saturated rings. The Balaban J connectivity index is 1.32. The third-order valence-electron chi connectivity index (χ3n) is 8.80. The monoisotopic (exact) mass is 493 g/mol. The molecular formula is C27H38F3N3O2. The Hall–Kier alpha value is -1.80. The average Bonchev–Trinajstić information content (AvgIpc) is 3.00. The fourth-order valence-electron chi connectivity index (χ4n) is 7.74. The normalized spacial score (nSPS) is 31.4. The van der Waals surface area contributed by atoms with Gasteiger partial charge in [0.2, 0.25) is 5.91 Å². The second kappa shape index (κ2) is 9.92. The highest BCUT2D eigenvalue weighted by Crippen LogP contribution is 2.58. The molecule has 0 unspecified atom stereocenters. The lowest BCUT2D eigenvalue weighted by Gasteiger charge is -2.60. The number of hydrogen-bond donors (Lipinski definition) is 0. The van der Waals surface area contributed by atoms with Crippen LogP contribution in [0.25, 0.3) is 0 Å². The second-order valence-electron chi connectivity index (χ2n) is 11.5. The first kappa shape index (κ1) is 24.9. The molecule has 5 nitrogen and oxygen atoms in total. The van der Waals surface area contributed by atoms with Crippen LogP contribution in [0, 0.1) is 17.8 Å². The number of rotatable bonds is 7. The van der Waals surface area contributed by atoms with Gasteiger partial charge in [-0.3, -0.25) is 14.6 Å². The van der Waals surface area contributed by atoms with Gasteiger partial charge in [-0.05, 0) is 93.5 Å². The third-order valence-corrected chi connectivity index (χ3v) is 8.80. The van der Waals surface area contributed by atoms with E-state index in [1.165, 1.54) is 24.2 Å². The van der Waals surface area contributed by atoms with E-state index in [1.54, 1.807) is 7.11 Å². The molecule has 6 rings (SSSR count). The van der Waals surface area contributed by atoms with Crippen LogP contribution in [-0.4, -0.2) is 78.7 Å². The predicted octanol–water partition coefficient (Wildman–Crippen LogP) is 4.56. The van der Waals surface area contributed by atoms with Gasteiger partial charge in [-0.1, -0.05) is 12.1 Å². The molecule has 4 bridgehead atoms. The maximum atomic E-state index is 14.0. The Morgan fingerprint density at radius 1 is 1.03 bits per heavy atom. The lowest BCUT2D eigenvalue weighted by Crippen LogP contribution is -2.62. The van der Waals surface area contributed by atoms with E-state index >= 15 is 0 Å². The number of carbonyl (C=O) groups excluding carboxylic acids is 1. The summed E-state index contributed by atoms with van der Waals surface area (Å²) in [6.07, 6.45) is 3.66. The van der Waals surface area contributed by atoms with Crippen molar-refractivity contribution in [3.8, 4) is 5.75 Å². The molecule has 0 spiro atoms. The second-order valence-corrected chi connectivity index (χ2v) is 11.5. The topological polar surface area (TPSA) is 36.0 Å². The number of halogens is 3. The Morgan fingerprint density at radius 3 is 2.29 bits per heavy atom. The van der Waals surface area contributed by atoms with Crippen molar-refractivity contribution in [1.82, 2.24) is 14.7 Å². The number of methoxy groups -OCH3 is 1. The largest absolute Gasteiger partial charge is 0.497 e. The van der Waals surface area contributed by atoms with Gasteiger partial charge < -0.3 is 9.64 Å². The van der Waals surface area contributed by atoms with Crippen LogP contribution in [0.5, 0.6) is 5.75 Å². The number of benzene rings is 1. The Morgan fingerprint density at radius 2 is 1.66 bits per heavy atom. The Kier molecular flexibility index (Phi) is 7.05. The van der Waals surface area contributed by atoms with Gasteiger partial charge in [0.15, 0.2) is 0 Å². The summed E-state index contributed by atoms with van der Waals surface area (Å²) in [6.45, 7) is 1.91. The first-order valence-corrected chi connectivity index (χ1v) is 13.2. The number of nitrogens with zero attached hydrogens (tertiary/aromatic N) is 3. The fourth-order valence-corrected chi connectivity index (χ4v) is 7.74. The number of carbonyl (C=O) groups is 1. The quantitative estimate of drug-likeness (QED) is 0.558. The van der Waals surface area contributed by atoms with Gasteiger partial charge >= 0.3 is 6.18 Å². The van der Waals surface area contributed by atoms with Gasteiger partial charge in [0.1, 0.15) is 5.75 Å². The fraction of sp³-hybridized carbons (Fsp3) is 0.741. The number of hydrogen-bond acceptors (Lipinski definition) is 4. The molecule has 1 heterocycles. The molecule has 8 heteroatoms. The molecule has 0 N–H and O–H groups in total. The molecule has 1 amide bonds. The van der Waals surface area contributed by atoms with Crippen molar-refractivity contribution < 1.29 is 22.7 Å². The highest BCUT2D eigenvalue weighted by molar-refractivity contribution is 5.79. The maximum Gasteiger partial charge on any atom is 0.401 e. The van der Waals surface area contributed by atoms with Gasteiger partial charge in [0, 0.05) is 25.2 Å². The maximum absolute atomic E-state index is 14.0. The van der Waals surface area contributed by atoms with Crippen LogP contribution in [-0.2, 0) is 11.3 Å². The van der Waals surface area contributed by atoms with E-state index in [4.69, 9.17) is 4.74 Å². The number of amides is 1. The highest BCUT2D eigenvalue weighted by atomic mass is 19.4. The van der Waals surface area contributed by atoms with Crippen LogP contribution in [0.3, 0.4) is 0 Å². The van der Waals surface area contributed by atoms with E-state index in [0.717, 1.165) is 48.3 Å². The zero-order chi connectivity index (χ0) is 24.6.